The molecule has 0 fully saturated rings. The molecule has 0 N–H and O–H groups in total. The van der Waals surface area contributed by atoms with Gasteiger partial charge in [-0.1, -0.05) is 58.0 Å². The Kier molecular flexibility index (Phi) is 7.24. The van der Waals surface area contributed by atoms with Gasteiger partial charge in [-0.25, -0.2) is 0 Å². The van der Waals surface area contributed by atoms with Crippen molar-refractivity contribution in [1.29, 1.82) is 0 Å². The highest BCUT2D eigenvalue weighted by atomic mass is 16.5. The Labute approximate surface area is 127 Å². The topological polar surface area (TPSA) is 26.3 Å². The number of hydrogen-bond donors (Lipinski definition) is 0. The van der Waals surface area contributed by atoms with Gasteiger partial charge >= 0.3 is 0 Å². The number of rotatable bonds is 2. The van der Waals surface area contributed by atoms with E-state index in [1.165, 1.54) is 0 Å². The molecule has 2 aromatic carbocycles. The second-order valence-corrected chi connectivity index (χ2v) is 4.12. The van der Waals surface area contributed by atoms with Crippen LogP contribution in [0.2, 0.25) is 0 Å². The van der Waals surface area contributed by atoms with E-state index in [0.29, 0.717) is 0 Å². The predicted octanol–water partition coefficient (Wildman–Crippen LogP) is 4.90. The molecule has 2 nitrogen and oxygen atoms in total. The van der Waals surface area contributed by atoms with E-state index in [0.717, 1.165) is 35.5 Å². The first-order valence-corrected chi connectivity index (χ1v) is 7.70. The van der Waals surface area contributed by atoms with Crippen LogP contribution in [-0.4, -0.2) is 12.4 Å². The van der Waals surface area contributed by atoms with Crippen molar-refractivity contribution in [3.8, 4) is 5.75 Å². The molecular formula is C19H24O2. The van der Waals surface area contributed by atoms with Crippen LogP contribution in [-0.2, 0) is 6.42 Å². The number of ketones is 1. The van der Waals surface area contributed by atoms with Gasteiger partial charge in [0.05, 0.1) is 6.61 Å². The lowest BCUT2D eigenvalue weighted by Crippen LogP contribution is -2.01. The van der Waals surface area contributed by atoms with Gasteiger partial charge in [0, 0.05) is 17.5 Å². The van der Waals surface area contributed by atoms with Crippen molar-refractivity contribution in [2.45, 2.75) is 34.1 Å². The first kappa shape index (κ1) is 17.0. The highest BCUT2D eigenvalue weighted by Crippen LogP contribution is 2.26. The summed E-state index contributed by atoms with van der Waals surface area (Å²) in [5, 5.41) is 0. The van der Waals surface area contributed by atoms with Crippen LogP contribution in [0.15, 0.2) is 48.5 Å². The van der Waals surface area contributed by atoms with E-state index in [-0.39, 0.29) is 5.78 Å². The second kappa shape index (κ2) is 8.96. The van der Waals surface area contributed by atoms with Crippen molar-refractivity contribution < 1.29 is 9.53 Å². The molecule has 0 atom stereocenters. The van der Waals surface area contributed by atoms with E-state index in [4.69, 9.17) is 4.74 Å². The summed E-state index contributed by atoms with van der Waals surface area (Å²) in [4.78, 5) is 12.2. The molecule has 0 aliphatic carbocycles. The maximum absolute atomic E-state index is 12.2. The lowest BCUT2D eigenvalue weighted by Gasteiger charge is -2.03. The minimum absolute atomic E-state index is 0.0697. The number of hydrogen-bond acceptors (Lipinski definition) is 2. The van der Waals surface area contributed by atoms with Gasteiger partial charge in [-0.05, 0) is 23.8 Å². The summed E-state index contributed by atoms with van der Waals surface area (Å²) in [6, 6.07) is 15.0. The first-order chi connectivity index (χ1) is 10.3. The van der Waals surface area contributed by atoms with Crippen LogP contribution >= 0.6 is 0 Å². The summed E-state index contributed by atoms with van der Waals surface area (Å²) < 4.78 is 5.43. The summed E-state index contributed by atoms with van der Waals surface area (Å²) in [7, 11) is 0. The lowest BCUT2D eigenvalue weighted by molar-refractivity contribution is 0.103. The Morgan fingerprint density at radius 3 is 2.24 bits per heavy atom. The number of carbonyl (C=O) groups is 1. The van der Waals surface area contributed by atoms with Crippen molar-refractivity contribution in [2.24, 2.45) is 0 Å². The molecule has 0 saturated heterocycles. The second-order valence-electron chi connectivity index (χ2n) is 4.12. The zero-order valence-corrected chi connectivity index (χ0v) is 13.3. The van der Waals surface area contributed by atoms with Gasteiger partial charge < -0.3 is 4.74 Å². The fraction of sp³-hybridized carbons (Fsp3) is 0.316. The molecule has 21 heavy (non-hydrogen) atoms. The van der Waals surface area contributed by atoms with Gasteiger partial charge in [-0.2, -0.15) is 0 Å². The molecule has 2 heteroatoms. The van der Waals surface area contributed by atoms with Crippen molar-refractivity contribution in [3.63, 3.8) is 0 Å². The summed E-state index contributed by atoms with van der Waals surface area (Å²) in [5.74, 6) is 0.981. The zero-order chi connectivity index (χ0) is 15.7. The van der Waals surface area contributed by atoms with Crippen molar-refractivity contribution in [2.75, 3.05) is 6.61 Å². The summed E-state index contributed by atoms with van der Waals surface area (Å²) in [5.41, 5.74) is 2.60. The molecule has 112 valence electrons. The average Bonchev–Trinajstić information content (AvgIpc) is 3.06. The standard InChI is InChI=1S/C15H12O2.2C2H6/c16-15(11-4-2-1-3-5-11)13-6-7-14-12(10-13)8-9-17-14;2*1-2/h1-7,10H,8-9H2;2*1-2H3. The molecule has 0 bridgehead atoms. The average molecular weight is 284 g/mol. The van der Waals surface area contributed by atoms with E-state index in [9.17, 15) is 4.79 Å². The Bertz CT molecular complexity index is 559. The molecule has 2 aromatic rings. The largest absolute Gasteiger partial charge is 0.493 e. The maximum atomic E-state index is 12.2. The fourth-order valence-electron chi connectivity index (χ4n) is 2.08. The molecule has 1 heterocycles. The van der Waals surface area contributed by atoms with Crippen LogP contribution in [0.1, 0.15) is 49.2 Å². The summed E-state index contributed by atoms with van der Waals surface area (Å²) in [6.45, 7) is 8.72. The van der Waals surface area contributed by atoms with Gasteiger partial charge in [-0.3, -0.25) is 4.79 Å². The SMILES string of the molecule is CC.CC.O=C(c1ccccc1)c1ccc2c(c1)CCO2. The van der Waals surface area contributed by atoms with E-state index in [1.54, 1.807) is 0 Å². The van der Waals surface area contributed by atoms with E-state index in [2.05, 4.69) is 0 Å². The van der Waals surface area contributed by atoms with Crippen LogP contribution < -0.4 is 4.74 Å². The van der Waals surface area contributed by atoms with Crippen molar-refractivity contribution in [3.05, 3.63) is 65.2 Å². The fourth-order valence-corrected chi connectivity index (χ4v) is 2.08. The summed E-state index contributed by atoms with van der Waals surface area (Å²) >= 11 is 0. The van der Waals surface area contributed by atoms with Crippen LogP contribution in [0.5, 0.6) is 5.75 Å². The molecule has 3 rings (SSSR count). The van der Waals surface area contributed by atoms with Crippen LogP contribution in [0.3, 0.4) is 0 Å². The van der Waals surface area contributed by atoms with Crippen molar-refractivity contribution in [1.82, 2.24) is 0 Å². The van der Waals surface area contributed by atoms with E-state index in [1.807, 2.05) is 76.2 Å². The van der Waals surface area contributed by atoms with Crippen molar-refractivity contribution >= 4 is 5.78 Å². The molecule has 0 aromatic heterocycles. The van der Waals surface area contributed by atoms with Gasteiger partial charge in [0.25, 0.3) is 0 Å². The first-order valence-electron chi connectivity index (χ1n) is 7.70. The molecule has 1 aliphatic rings. The third kappa shape index (κ3) is 4.19. The molecule has 0 spiro atoms. The molecule has 0 saturated carbocycles. The normalized spacial score (nSPS) is 11.0. The smallest absolute Gasteiger partial charge is 0.193 e. The maximum Gasteiger partial charge on any atom is 0.193 e. The highest BCUT2D eigenvalue weighted by molar-refractivity contribution is 6.09. The van der Waals surface area contributed by atoms with Crippen LogP contribution in [0, 0.1) is 0 Å². The Morgan fingerprint density at radius 2 is 1.57 bits per heavy atom. The number of carbonyl (C=O) groups excluding carboxylic acids is 1. The number of benzene rings is 2. The monoisotopic (exact) mass is 284 g/mol. The zero-order valence-electron chi connectivity index (χ0n) is 13.3. The van der Waals surface area contributed by atoms with Gasteiger partial charge in [0.2, 0.25) is 0 Å². The molecule has 1 aliphatic heterocycles. The lowest BCUT2D eigenvalue weighted by atomic mass is 10.0. The van der Waals surface area contributed by atoms with Gasteiger partial charge in [0.1, 0.15) is 5.75 Å². The van der Waals surface area contributed by atoms with Crippen LogP contribution in [0.25, 0.3) is 0 Å². The molecule has 0 unspecified atom stereocenters. The minimum Gasteiger partial charge on any atom is -0.493 e. The third-order valence-electron chi connectivity index (χ3n) is 2.99. The van der Waals surface area contributed by atoms with Crippen LogP contribution in [0.4, 0.5) is 0 Å². The highest BCUT2D eigenvalue weighted by Gasteiger charge is 2.15. The third-order valence-corrected chi connectivity index (χ3v) is 2.99. The quantitative estimate of drug-likeness (QED) is 0.733. The predicted molar refractivity (Wildman–Crippen MR) is 88.2 cm³/mol. The Hall–Kier alpha value is -2.09. The molecule has 0 amide bonds. The van der Waals surface area contributed by atoms with E-state index >= 15 is 0 Å². The molecular weight excluding hydrogens is 260 g/mol. The summed E-state index contributed by atoms with van der Waals surface area (Å²) in [6.07, 6.45) is 0.894. The number of ether oxygens (including phenoxy) is 1. The molecule has 0 radical (unpaired) electrons. The van der Waals surface area contributed by atoms with Gasteiger partial charge in [-0.15, -0.1) is 0 Å². The van der Waals surface area contributed by atoms with Gasteiger partial charge in [0.15, 0.2) is 5.78 Å². The minimum atomic E-state index is 0.0697. The number of fused-ring (bicyclic) bond motifs is 1. The Balaban J connectivity index is 0.000000510. The Morgan fingerprint density at radius 1 is 0.905 bits per heavy atom. The van der Waals surface area contributed by atoms with E-state index < -0.39 is 0 Å².